The highest BCUT2D eigenvalue weighted by atomic mass is 35.5. The van der Waals surface area contributed by atoms with Crippen molar-refractivity contribution in [2.45, 2.75) is 6.54 Å². The van der Waals surface area contributed by atoms with Crippen molar-refractivity contribution in [2.75, 3.05) is 31.6 Å². The SMILES string of the molecule is O=C(c1ccc(NCc2ccccc2Cl)nn1)N1CCOCC1. The number of hydrogen-bond donors (Lipinski definition) is 1. The Kier molecular flexibility index (Phi) is 5.05. The first kappa shape index (κ1) is 15.7. The Morgan fingerprint density at radius 3 is 2.65 bits per heavy atom. The van der Waals surface area contributed by atoms with Crippen molar-refractivity contribution in [3.05, 3.63) is 52.7 Å². The number of morpholine rings is 1. The molecule has 1 N–H and O–H groups in total. The molecule has 1 aliphatic rings. The lowest BCUT2D eigenvalue weighted by atomic mass is 10.2. The minimum absolute atomic E-state index is 0.113. The van der Waals surface area contributed by atoms with Crippen molar-refractivity contribution in [1.82, 2.24) is 15.1 Å². The van der Waals surface area contributed by atoms with Gasteiger partial charge in [-0.2, -0.15) is 0 Å². The van der Waals surface area contributed by atoms with Crippen molar-refractivity contribution in [3.63, 3.8) is 0 Å². The predicted molar refractivity (Wildman–Crippen MR) is 87.5 cm³/mol. The number of amides is 1. The largest absolute Gasteiger partial charge is 0.378 e. The molecule has 2 aromatic rings. The van der Waals surface area contributed by atoms with Gasteiger partial charge >= 0.3 is 0 Å². The fraction of sp³-hybridized carbons (Fsp3) is 0.312. The van der Waals surface area contributed by atoms with Crippen LogP contribution in [-0.2, 0) is 11.3 Å². The van der Waals surface area contributed by atoms with Crippen LogP contribution in [0.1, 0.15) is 16.1 Å². The Balaban J connectivity index is 1.60. The van der Waals surface area contributed by atoms with Gasteiger partial charge in [-0.15, -0.1) is 10.2 Å². The third-order valence-electron chi connectivity index (χ3n) is 3.60. The van der Waals surface area contributed by atoms with E-state index in [0.29, 0.717) is 49.4 Å². The van der Waals surface area contributed by atoms with E-state index >= 15 is 0 Å². The zero-order valence-electron chi connectivity index (χ0n) is 12.5. The Labute approximate surface area is 139 Å². The predicted octanol–water partition coefficient (Wildman–Crippen LogP) is 2.21. The summed E-state index contributed by atoms with van der Waals surface area (Å²) >= 11 is 6.11. The van der Waals surface area contributed by atoms with Crippen LogP contribution in [0.25, 0.3) is 0 Å². The molecule has 1 fully saturated rings. The fourth-order valence-electron chi connectivity index (χ4n) is 2.30. The smallest absolute Gasteiger partial charge is 0.274 e. The molecule has 1 aliphatic heterocycles. The molecule has 0 unspecified atom stereocenters. The van der Waals surface area contributed by atoms with Crippen LogP contribution in [0.2, 0.25) is 5.02 Å². The molecule has 3 rings (SSSR count). The number of carbonyl (C=O) groups excluding carboxylic acids is 1. The van der Waals surface area contributed by atoms with Crippen LogP contribution in [0.3, 0.4) is 0 Å². The van der Waals surface area contributed by atoms with Gasteiger partial charge < -0.3 is 15.0 Å². The first-order valence-corrected chi connectivity index (χ1v) is 7.80. The van der Waals surface area contributed by atoms with Gasteiger partial charge in [0.25, 0.3) is 5.91 Å². The zero-order chi connectivity index (χ0) is 16.1. The number of rotatable bonds is 4. The fourth-order valence-corrected chi connectivity index (χ4v) is 2.50. The number of nitrogens with zero attached hydrogens (tertiary/aromatic N) is 3. The van der Waals surface area contributed by atoms with Crippen molar-refractivity contribution < 1.29 is 9.53 Å². The van der Waals surface area contributed by atoms with E-state index in [4.69, 9.17) is 16.3 Å². The normalized spacial score (nSPS) is 14.6. The summed E-state index contributed by atoms with van der Waals surface area (Å²) in [5.74, 6) is 0.488. The molecule has 0 bridgehead atoms. The monoisotopic (exact) mass is 332 g/mol. The number of anilines is 1. The summed E-state index contributed by atoms with van der Waals surface area (Å²) in [6.07, 6.45) is 0. The number of nitrogens with one attached hydrogen (secondary N) is 1. The summed E-state index contributed by atoms with van der Waals surface area (Å²) in [6, 6.07) is 11.0. The lowest BCUT2D eigenvalue weighted by Crippen LogP contribution is -2.41. The van der Waals surface area contributed by atoms with Gasteiger partial charge in [0.2, 0.25) is 0 Å². The molecular weight excluding hydrogens is 316 g/mol. The van der Waals surface area contributed by atoms with E-state index < -0.39 is 0 Å². The van der Waals surface area contributed by atoms with Crippen LogP contribution in [0.15, 0.2) is 36.4 Å². The lowest BCUT2D eigenvalue weighted by molar-refractivity contribution is 0.0298. The number of ether oxygens (including phenoxy) is 1. The second-order valence-electron chi connectivity index (χ2n) is 5.15. The lowest BCUT2D eigenvalue weighted by Gasteiger charge is -2.26. The van der Waals surface area contributed by atoms with Gasteiger partial charge in [-0.05, 0) is 23.8 Å². The van der Waals surface area contributed by atoms with Crippen LogP contribution in [0.4, 0.5) is 5.82 Å². The van der Waals surface area contributed by atoms with Gasteiger partial charge in [0.15, 0.2) is 5.69 Å². The molecule has 6 nitrogen and oxygen atoms in total. The molecule has 0 radical (unpaired) electrons. The Morgan fingerprint density at radius 1 is 1.17 bits per heavy atom. The van der Waals surface area contributed by atoms with Crippen LogP contribution < -0.4 is 5.32 Å². The first-order valence-electron chi connectivity index (χ1n) is 7.42. The van der Waals surface area contributed by atoms with E-state index in [1.165, 1.54) is 0 Å². The molecule has 0 atom stereocenters. The van der Waals surface area contributed by atoms with Crippen molar-refractivity contribution in [1.29, 1.82) is 0 Å². The van der Waals surface area contributed by atoms with Crippen LogP contribution >= 0.6 is 11.6 Å². The number of halogens is 1. The third kappa shape index (κ3) is 3.97. The number of aromatic nitrogens is 2. The van der Waals surface area contributed by atoms with E-state index in [2.05, 4.69) is 15.5 Å². The number of benzene rings is 1. The molecule has 120 valence electrons. The first-order chi connectivity index (χ1) is 11.2. The van der Waals surface area contributed by atoms with Gasteiger partial charge in [0, 0.05) is 24.7 Å². The quantitative estimate of drug-likeness (QED) is 0.929. The van der Waals surface area contributed by atoms with E-state index in [0.717, 1.165) is 5.56 Å². The summed E-state index contributed by atoms with van der Waals surface area (Å²) in [4.78, 5) is 14.0. The molecule has 1 aromatic carbocycles. The summed E-state index contributed by atoms with van der Waals surface area (Å²) in [7, 11) is 0. The molecule has 7 heteroatoms. The average Bonchev–Trinajstić information content (AvgIpc) is 2.62. The maximum Gasteiger partial charge on any atom is 0.274 e. The van der Waals surface area contributed by atoms with Gasteiger partial charge in [-0.3, -0.25) is 4.79 Å². The van der Waals surface area contributed by atoms with E-state index in [1.54, 1.807) is 17.0 Å². The molecule has 0 saturated carbocycles. The molecule has 1 amide bonds. The molecule has 0 aliphatic carbocycles. The summed E-state index contributed by atoms with van der Waals surface area (Å²) in [5.41, 5.74) is 1.32. The summed E-state index contributed by atoms with van der Waals surface area (Å²) < 4.78 is 5.24. The molecule has 23 heavy (non-hydrogen) atoms. The second kappa shape index (κ2) is 7.39. The average molecular weight is 333 g/mol. The standard InChI is InChI=1S/C16H17ClN4O2/c17-13-4-2-1-3-12(13)11-18-15-6-5-14(19-20-15)16(22)21-7-9-23-10-8-21/h1-6H,7-11H2,(H,18,20). The molecular formula is C16H17ClN4O2. The van der Waals surface area contributed by atoms with E-state index in [9.17, 15) is 4.79 Å². The van der Waals surface area contributed by atoms with Gasteiger partial charge in [0.1, 0.15) is 5.82 Å². The van der Waals surface area contributed by atoms with Crippen LogP contribution in [0, 0.1) is 0 Å². The van der Waals surface area contributed by atoms with Gasteiger partial charge in [-0.1, -0.05) is 29.8 Å². The maximum absolute atomic E-state index is 12.3. The molecule has 1 aromatic heterocycles. The Hall–Kier alpha value is -2.18. The summed E-state index contributed by atoms with van der Waals surface area (Å²) in [5, 5.41) is 11.9. The minimum atomic E-state index is -0.113. The van der Waals surface area contributed by atoms with Crippen LogP contribution in [0.5, 0.6) is 0 Å². The van der Waals surface area contributed by atoms with E-state index in [1.807, 2.05) is 24.3 Å². The minimum Gasteiger partial charge on any atom is -0.378 e. The van der Waals surface area contributed by atoms with Crippen molar-refractivity contribution >= 4 is 23.3 Å². The highest BCUT2D eigenvalue weighted by Crippen LogP contribution is 2.16. The van der Waals surface area contributed by atoms with Crippen molar-refractivity contribution in [2.24, 2.45) is 0 Å². The maximum atomic E-state index is 12.3. The third-order valence-corrected chi connectivity index (χ3v) is 3.97. The molecule has 2 heterocycles. The second-order valence-corrected chi connectivity index (χ2v) is 5.56. The van der Waals surface area contributed by atoms with Gasteiger partial charge in [-0.25, -0.2) is 0 Å². The number of carbonyl (C=O) groups is 1. The highest BCUT2D eigenvalue weighted by Gasteiger charge is 2.19. The number of hydrogen-bond acceptors (Lipinski definition) is 5. The molecule has 1 saturated heterocycles. The van der Waals surface area contributed by atoms with E-state index in [-0.39, 0.29) is 5.91 Å². The highest BCUT2D eigenvalue weighted by molar-refractivity contribution is 6.31. The Morgan fingerprint density at radius 2 is 1.96 bits per heavy atom. The molecule has 0 spiro atoms. The van der Waals surface area contributed by atoms with Crippen molar-refractivity contribution in [3.8, 4) is 0 Å². The Bertz CT molecular complexity index is 672. The zero-order valence-corrected chi connectivity index (χ0v) is 13.3. The topological polar surface area (TPSA) is 67.4 Å². The summed E-state index contributed by atoms with van der Waals surface area (Å²) in [6.45, 7) is 2.86. The van der Waals surface area contributed by atoms with Crippen LogP contribution in [-0.4, -0.2) is 47.3 Å². The van der Waals surface area contributed by atoms with Gasteiger partial charge in [0.05, 0.1) is 13.2 Å².